The highest BCUT2D eigenvalue weighted by atomic mass is 32.2. The van der Waals surface area contributed by atoms with Gasteiger partial charge in [0, 0.05) is 13.1 Å². The van der Waals surface area contributed by atoms with Gasteiger partial charge in [-0.25, -0.2) is 0 Å². The second-order valence-electron chi connectivity index (χ2n) is 6.62. The van der Waals surface area contributed by atoms with Crippen LogP contribution in [0.15, 0.2) is 29.4 Å². The van der Waals surface area contributed by atoms with E-state index in [-0.39, 0.29) is 17.8 Å². The van der Waals surface area contributed by atoms with E-state index in [1.54, 1.807) is 0 Å². The summed E-state index contributed by atoms with van der Waals surface area (Å²) in [6.45, 7) is 5.12. The summed E-state index contributed by atoms with van der Waals surface area (Å²) in [5.74, 6) is 0.864. The summed E-state index contributed by atoms with van der Waals surface area (Å²) in [7, 11) is 1.41. The van der Waals surface area contributed by atoms with E-state index in [2.05, 4.69) is 10.2 Å². The highest BCUT2D eigenvalue weighted by Gasteiger charge is 2.28. The van der Waals surface area contributed by atoms with Gasteiger partial charge in [0.2, 0.25) is 5.91 Å². The van der Waals surface area contributed by atoms with E-state index in [0.717, 1.165) is 17.1 Å². The smallest absolute Gasteiger partial charge is 0.308 e. The van der Waals surface area contributed by atoms with Crippen LogP contribution in [0, 0.1) is 19.8 Å². The molecule has 8 heteroatoms. The monoisotopic (exact) mass is 388 g/mol. The SMILES string of the molecule is COC(=O)C1CCN(C(=O)CSc2nnc(C)n2-c2ccccc2C)CC1. The molecule has 1 saturated heterocycles. The van der Waals surface area contributed by atoms with Gasteiger partial charge in [0.05, 0.1) is 24.5 Å². The molecule has 2 aromatic rings. The highest BCUT2D eigenvalue weighted by molar-refractivity contribution is 7.99. The number of ether oxygens (including phenoxy) is 1. The first kappa shape index (κ1) is 19.4. The van der Waals surface area contributed by atoms with Gasteiger partial charge in [-0.2, -0.15) is 0 Å². The van der Waals surface area contributed by atoms with E-state index < -0.39 is 0 Å². The minimum absolute atomic E-state index is 0.0558. The molecule has 0 saturated carbocycles. The normalized spacial score (nSPS) is 15.0. The average molecular weight is 388 g/mol. The largest absolute Gasteiger partial charge is 0.469 e. The molecule has 1 aliphatic rings. The predicted molar refractivity (Wildman–Crippen MR) is 103 cm³/mol. The van der Waals surface area contributed by atoms with Crippen molar-refractivity contribution in [3.05, 3.63) is 35.7 Å². The van der Waals surface area contributed by atoms with E-state index in [4.69, 9.17) is 4.74 Å². The molecule has 1 aromatic heterocycles. The maximum atomic E-state index is 12.6. The zero-order chi connectivity index (χ0) is 19.4. The molecule has 0 spiro atoms. The number of likely N-dealkylation sites (tertiary alicyclic amines) is 1. The molecule has 0 unspecified atom stereocenters. The molecule has 7 nitrogen and oxygen atoms in total. The van der Waals surface area contributed by atoms with E-state index in [0.29, 0.717) is 36.8 Å². The summed E-state index contributed by atoms with van der Waals surface area (Å²) in [4.78, 5) is 26.0. The van der Waals surface area contributed by atoms with E-state index in [1.807, 2.05) is 47.6 Å². The third-order valence-electron chi connectivity index (χ3n) is 4.86. The molecular weight excluding hydrogens is 364 g/mol. The van der Waals surface area contributed by atoms with Crippen molar-refractivity contribution < 1.29 is 14.3 Å². The molecule has 0 radical (unpaired) electrons. The van der Waals surface area contributed by atoms with Crippen molar-refractivity contribution in [2.45, 2.75) is 31.8 Å². The van der Waals surface area contributed by atoms with Crippen molar-refractivity contribution in [2.75, 3.05) is 26.0 Å². The van der Waals surface area contributed by atoms with Gasteiger partial charge in [-0.1, -0.05) is 30.0 Å². The number of rotatable bonds is 5. The van der Waals surface area contributed by atoms with Crippen molar-refractivity contribution in [2.24, 2.45) is 5.92 Å². The average Bonchev–Trinajstić information content (AvgIpc) is 3.06. The van der Waals surface area contributed by atoms with Crippen molar-refractivity contribution in [3.63, 3.8) is 0 Å². The summed E-state index contributed by atoms with van der Waals surface area (Å²) >= 11 is 1.39. The lowest BCUT2D eigenvalue weighted by molar-refractivity contribution is -0.148. The van der Waals surface area contributed by atoms with E-state index in [9.17, 15) is 9.59 Å². The number of benzene rings is 1. The Hall–Kier alpha value is -2.35. The number of piperidine rings is 1. The molecule has 27 heavy (non-hydrogen) atoms. The van der Waals surface area contributed by atoms with Crippen LogP contribution in [0.2, 0.25) is 0 Å². The quantitative estimate of drug-likeness (QED) is 0.578. The van der Waals surface area contributed by atoms with E-state index >= 15 is 0 Å². The number of aromatic nitrogens is 3. The zero-order valence-corrected chi connectivity index (χ0v) is 16.7. The Bertz CT molecular complexity index is 828. The minimum atomic E-state index is -0.182. The van der Waals surface area contributed by atoms with Crippen LogP contribution in [-0.4, -0.2) is 57.5 Å². The summed E-state index contributed by atoms with van der Waals surface area (Å²) in [5.41, 5.74) is 2.15. The number of carbonyl (C=O) groups is 2. The van der Waals surface area contributed by atoms with Gasteiger partial charge in [0.15, 0.2) is 5.16 Å². The van der Waals surface area contributed by atoms with Gasteiger partial charge in [-0.15, -0.1) is 10.2 Å². The number of hydrogen-bond acceptors (Lipinski definition) is 6. The number of methoxy groups -OCH3 is 1. The van der Waals surface area contributed by atoms with Gasteiger partial charge < -0.3 is 9.64 Å². The van der Waals surface area contributed by atoms with Crippen LogP contribution in [0.25, 0.3) is 5.69 Å². The number of nitrogens with zero attached hydrogens (tertiary/aromatic N) is 4. The fourth-order valence-corrected chi connectivity index (χ4v) is 4.17. The summed E-state index contributed by atoms with van der Waals surface area (Å²) in [5, 5.41) is 9.13. The van der Waals surface area contributed by atoms with Gasteiger partial charge in [0.1, 0.15) is 5.82 Å². The van der Waals surface area contributed by atoms with Crippen LogP contribution in [0.3, 0.4) is 0 Å². The predicted octanol–water partition coefficient (Wildman–Crippen LogP) is 2.39. The Balaban J connectivity index is 1.62. The molecule has 144 valence electrons. The molecule has 1 aliphatic heterocycles. The fourth-order valence-electron chi connectivity index (χ4n) is 3.28. The van der Waals surface area contributed by atoms with Gasteiger partial charge >= 0.3 is 5.97 Å². The summed E-state index contributed by atoms with van der Waals surface area (Å²) in [6.07, 6.45) is 1.31. The van der Waals surface area contributed by atoms with Crippen LogP contribution < -0.4 is 0 Å². The number of hydrogen-bond donors (Lipinski definition) is 0. The zero-order valence-electron chi connectivity index (χ0n) is 15.8. The second kappa shape index (κ2) is 8.56. The van der Waals surface area contributed by atoms with Gasteiger partial charge in [0.25, 0.3) is 0 Å². The topological polar surface area (TPSA) is 77.3 Å². The maximum absolute atomic E-state index is 12.6. The van der Waals surface area contributed by atoms with Crippen LogP contribution in [0.4, 0.5) is 0 Å². The van der Waals surface area contributed by atoms with Crippen molar-refractivity contribution >= 4 is 23.6 Å². The van der Waals surface area contributed by atoms with Crippen LogP contribution in [0.5, 0.6) is 0 Å². The number of thioether (sulfide) groups is 1. The Morgan fingerprint density at radius 3 is 2.56 bits per heavy atom. The van der Waals surface area contributed by atoms with Gasteiger partial charge in [-0.05, 0) is 38.3 Å². The molecule has 1 aromatic carbocycles. The summed E-state index contributed by atoms with van der Waals surface area (Å²) in [6, 6.07) is 8.04. The number of aryl methyl sites for hydroxylation is 2. The third-order valence-corrected chi connectivity index (χ3v) is 5.77. The number of esters is 1. The third kappa shape index (κ3) is 4.32. The first-order valence-electron chi connectivity index (χ1n) is 8.97. The maximum Gasteiger partial charge on any atom is 0.308 e. The fraction of sp³-hybridized carbons (Fsp3) is 0.474. The Labute approximate surface area is 163 Å². The first-order chi connectivity index (χ1) is 13.0. The van der Waals surface area contributed by atoms with Crippen LogP contribution >= 0.6 is 11.8 Å². The molecule has 1 fully saturated rings. The first-order valence-corrected chi connectivity index (χ1v) is 9.96. The Morgan fingerprint density at radius 2 is 1.89 bits per heavy atom. The van der Waals surface area contributed by atoms with Crippen molar-refractivity contribution in [1.82, 2.24) is 19.7 Å². The lowest BCUT2D eigenvalue weighted by atomic mass is 9.97. The van der Waals surface area contributed by atoms with Crippen LogP contribution in [0.1, 0.15) is 24.2 Å². The van der Waals surface area contributed by atoms with E-state index in [1.165, 1.54) is 18.9 Å². The number of carbonyl (C=O) groups excluding carboxylic acids is 2. The van der Waals surface area contributed by atoms with Crippen molar-refractivity contribution in [3.8, 4) is 5.69 Å². The number of amides is 1. The number of para-hydroxylation sites is 1. The molecule has 2 heterocycles. The highest BCUT2D eigenvalue weighted by Crippen LogP contribution is 2.25. The molecule has 1 amide bonds. The Kier molecular flexibility index (Phi) is 6.15. The molecular formula is C19H24N4O3S. The molecule has 0 N–H and O–H groups in total. The second-order valence-corrected chi connectivity index (χ2v) is 7.56. The molecule has 0 aliphatic carbocycles. The molecule has 0 bridgehead atoms. The van der Waals surface area contributed by atoms with Gasteiger partial charge in [-0.3, -0.25) is 14.2 Å². The standard InChI is InChI=1S/C19H24N4O3S/c1-13-6-4-5-7-16(13)23-14(2)20-21-19(23)27-12-17(24)22-10-8-15(9-11-22)18(25)26-3/h4-7,15H,8-12H2,1-3H3. The Morgan fingerprint density at radius 1 is 1.19 bits per heavy atom. The lowest BCUT2D eigenvalue weighted by Crippen LogP contribution is -2.41. The minimum Gasteiger partial charge on any atom is -0.469 e. The molecule has 0 atom stereocenters. The van der Waals surface area contributed by atoms with Crippen molar-refractivity contribution in [1.29, 1.82) is 0 Å². The lowest BCUT2D eigenvalue weighted by Gasteiger charge is -2.30. The summed E-state index contributed by atoms with van der Waals surface area (Å²) < 4.78 is 6.78. The van der Waals surface area contributed by atoms with Crippen LogP contribution in [-0.2, 0) is 14.3 Å². The molecule has 3 rings (SSSR count).